The molecular formula is C21H25N3O2S. The molecule has 0 saturated heterocycles. The third-order valence-corrected chi connectivity index (χ3v) is 5.68. The molecule has 0 fully saturated rings. The standard InChI is InChI=1S/C21H25N3O2S/c1-14-8-6-11-19(15(14)2)26-16(3)20-22-23-21(24(20)4)27-13-17-9-7-10-18(12-17)25-5/h6-12,16H,13H2,1-5H3. The Bertz CT molecular complexity index is 924. The van der Waals surface area contributed by atoms with Crippen molar-refractivity contribution in [3.05, 3.63) is 65.0 Å². The van der Waals surface area contributed by atoms with Crippen molar-refractivity contribution in [2.75, 3.05) is 7.11 Å². The van der Waals surface area contributed by atoms with Crippen molar-refractivity contribution in [1.82, 2.24) is 14.8 Å². The number of benzene rings is 2. The van der Waals surface area contributed by atoms with Crippen LogP contribution in [0.15, 0.2) is 47.6 Å². The monoisotopic (exact) mass is 383 g/mol. The largest absolute Gasteiger partial charge is 0.497 e. The normalized spacial score (nSPS) is 12.0. The lowest BCUT2D eigenvalue weighted by molar-refractivity contribution is 0.210. The predicted molar refractivity (Wildman–Crippen MR) is 109 cm³/mol. The van der Waals surface area contributed by atoms with Crippen LogP contribution in [0.4, 0.5) is 0 Å². The molecule has 1 heterocycles. The molecule has 6 heteroatoms. The molecule has 0 bridgehead atoms. The SMILES string of the molecule is COc1cccc(CSc2nnc(C(C)Oc3cccc(C)c3C)n2C)c1. The van der Waals surface area contributed by atoms with E-state index in [1.165, 1.54) is 11.1 Å². The van der Waals surface area contributed by atoms with E-state index in [1.54, 1.807) is 18.9 Å². The molecule has 1 unspecified atom stereocenters. The zero-order valence-corrected chi connectivity index (χ0v) is 17.2. The van der Waals surface area contributed by atoms with Gasteiger partial charge in [0.1, 0.15) is 11.5 Å². The first-order chi connectivity index (χ1) is 13.0. The summed E-state index contributed by atoms with van der Waals surface area (Å²) in [5, 5.41) is 9.56. The molecule has 0 spiro atoms. The zero-order chi connectivity index (χ0) is 19.4. The number of hydrogen-bond acceptors (Lipinski definition) is 5. The number of aromatic nitrogens is 3. The summed E-state index contributed by atoms with van der Waals surface area (Å²) in [5.74, 6) is 3.36. The van der Waals surface area contributed by atoms with Gasteiger partial charge in [0.25, 0.3) is 0 Å². The lowest BCUT2D eigenvalue weighted by Gasteiger charge is -2.17. The summed E-state index contributed by atoms with van der Waals surface area (Å²) in [6, 6.07) is 14.2. The van der Waals surface area contributed by atoms with Crippen molar-refractivity contribution in [3.8, 4) is 11.5 Å². The van der Waals surface area contributed by atoms with E-state index < -0.39 is 0 Å². The highest BCUT2D eigenvalue weighted by molar-refractivity contribution is 7.98. The summed E-state index contributed by atoms with van der Waals surface area (Å²) >= 11 is 1.65. The Balaban J connectivity index is 1.69. The van der Waals surface area contributed by atoms with E-state index in [4.69, 9.17) is 9.47 Å². The van der Waals surface area contributed by atoms with Crippen LogP contribution in [0.1, 0.15) is 35.5 Å². The Morgan fingerprint density at radius 1 is 1.11 bits per heavy atom. The van der Waals surface area contributed by atoms with Crippen LogP contribution < -0.4 is 9.47 Å². The van der Waals surface area contributed by atoms with Crippen molar-refractivity contribution in [3.63, 3.8) is 0 Å². The molecule has 3 aromatic rings. The van der Waals surface area contributed by atoms with Gasteiger partial charge >= 0.3 is 0 Å². The Kier molecular flexibility index (Phi) is 6.06. The fraction of sp³-hybridized carbons (Fsp3) is 0.333. The molecule has 142 valence electrons. The van der Waals surface area contributed by atoms with Crippen LogP contribution in [-0.4, -0.2) is 21.9 Å². The first-order valence-corrected chi connectivity index (χ1v) is 9.86. The molecule has 0 N–H and O–H groups in total. The highest BCUT2D eigenvalue weighted by atomic mass is 32.2. The van der Waals surface area contributed by atoms with Crippen LogP contribution in [-0.2, 0) is 12.8 Å². The number of hydrogen-bond donors (Lipinski definition) is 0. The Hall–Kier alpha value is -2.47. The summed E-state index contributed by atoms with van der Waals surface area (Å²) < 4.78 is 13.4. The molecule has 0 aliphatic rings. The molecule has 1 aromatic heterocycles. The second-order valence-corrected chi connectivity index (χ2v) is 7.44. The topological polar surface area (TPSA) is 49.2 Å². The van der Waals surface area contributed by atoms with Gasteiger partial charge in [0.05, 0.1) is 7.11 Å². The second kappa shape index (κ2) is 8.48. The van der Waals surface area contributed by atoms with Gasteiger partial charge in [-0.1, -0.05) is 36.0 Å². The highest BCUT2D eigenvalue weighted by Crippen LogP contribution is 2.28. The van der Waals surface area contributed by atoms with Gasteiger partial charge in [-0.3, -0.25) is 0 Å². The number of thioether (sulfide) groups is 1. The van der Waals surface area contributed by atoms with Gasteiger partial charge in [0.15, 0.2) is 17.1 Å². The quantitative estimate of drug-likeness (QED) is 0.545. The summed E-state index contributed by atoms with van der Waals surface area (Å²) in [5.41, 5.74) is 3.55. The van der Waals surface area contributed by atoms with Crippen molar-refractivity contribution in [1.29, 1.82) is 0 Å². The number of nitrogens with zero attached hydrogens (tertiary/aromatic N) is 3. The van der Waals surface area contributed by atoms with Gasteiger partial charge in [0.2, 0.25) is 0 Å². The van der Waals surface area contributed by atoms with E-state index in [2.05, 4.69) is 36.2 Å². The second-order valence-electron chi connectivity index (χ2n) is 6.50. The molecule has 27 heavy (non-hydrogen) atoms. The van der Waals surface area contributed by atoms with E-state index in [0.29, 0.717) is 0 Å². The number of ether oxygens (including phenoxy) is 2. The fourth-order valence-electron chi connectivity index (χ4n) is 2.81. The minimum absolute atomic E-state index is 0.186. The molecule has 0 aliphatic heterocycles. The fourth-order valence-corrected chi connectivity index (χ4v) is 3.67. The van der Waals surface area contributed by atoms with Crippen LogP contribution in [0.25, 0.3) is 0 Å². The van der Waals surface area contributed by atoms with Crippen molar-refractivity contribution < 1.29 is 9.47 Å². The molecular weight excluding hydrogens is 358 g/mol. The Morgan fingerprint density at radius 2 is 1.89 bits per heavy atom. The van der Waals surface area contributed by atoms with Gasteiger partial charge in [-0.05, 0) is 55.7 Å². The molecule has 0 aliphatic carbocycles. The summed E-state index contributed by atoms with van der Waals surface area (Å²) in [6.45, 7) is 6.16. The number of methoxy groups -OCH3 is 1. The van der Waals surface area contributed by atoms with Crippen molar-refractivity contribution >= 4 is 11.8 Å². The van der Waals surface area contributed by atoms with Gasteiger partial charge in [-0.25, -0.2) is 0 Å². The van der Waals surface area contributed by atoms with E-state index in [1.807, 2.05) is 48.9 Å². The summed E-state index contributed by atoms with van der Waals surface area (Å²) in [4.78, 5) is 0. The maximum atomic E-state index is 6.15. The van der Waals surface area contributed by atoms with E-state index in [-0.39, 0.29) is 6.10 Å². The first-order valence-electron chi connectivity index (χ1n) is 8.87. The van der Waals surface area contributed by atoms with Gasteiger partial charge < -0.3 is 14.0 Å². The van der Waals surface area contributed by atoms with Gasteiger partial charge in [-0.15, -0.1) is 10.2 Å². The van der Waals surface area contributed by atoms with Crippen LogP contribution in [0.5, 0.6) is 11.5 Å². The minimum Gasteiger partial charge on any atom is -0.497 e. The Morgan fingerprint density at radius 3 is 2.67 bits per heavy atom. The lowest BCUT2D eigenvalue weighted by atomic mass is 10.1. The molecule has 1 atom stereocenters. The van der Waals surface area contributed by atoms with Crippen LogP contribution >= 0.6 is 11.8 Å². The smallest absolute Gasteiger partial charge is 0.191 e. The summed E-state index contributed by atoms with van der Waals surface area (Å²) in [6.07, 6.45) is -0.186. The van der Waals surface area contributed by atoms with E-state index in [9.17, 15) is 0 Å². The van der Waals surface area contributed by atoms with Gasteiger partial charge in [-0.2, -0.15) is 0 Å². The predicted octanol–water partition coefficient (Wildman–Crippen LogP) is 4.87. The minimum atomic E-state index is -0.186. The Labute approximate surface area is 164 Å². The molecule has 2 aromatic carbocycles. The number of rotatable bonds is 7. The van der Waals surface area contributed by atoms with E-state index in [0.717, 1.165) is 33.8 Å². The average Bonchev–Trinajstić information content (AvgIpc) is 3.04. The maximum Gasteiger partial charge on any atom is 0.191 e. The first kappa shape index (κ1) is 19.3. The van der Waals surface area contributed by atoms with Crippen LogP contribution in [0, 0.1) is 13.8 Å². The molecule has 0 radical (unpaired) electrons. The summed E-state index contributed by atoms with van der Waals surface area (Å²) in [7, 11) is 3.66. The third-order valence-electron chi connectivity index (χ3n) is 4.59. The van der Waals surface area contributed by atoms with Gasteiger partial charge in [0, 0.05) is 12.8 Å². The molecule has 5 nitrogen and oxygen atoms in total. The van der Waals surface area contributed by atoms with E-state index >= 15 is 0 Å². The van der Waals surface area contributed by atoms with Crippen molar-refractivity contribution in [2.45, 2.75) is 37.8 Å². The van der Waals surface area contributed by atoms with Crippen LogP contribution in [0.3, 0.4) is 0 Å². The highest BCUT2D eigenvalue weighted by Gasteiger charge is 2.18. The molecule has 0 amide bonds. The molecule has 3 rings (SSSR count). The third kappa shape index (κ3) is 4.45. The lowest BCUT2D eigenvalue weighted by Crippen LogP contribution is -2.10. The zero-order valence-electron chi connectivity index (χ0n) is 16.4. The number of aryl methyl sites for hydroxylation is 1. The molecule has 0 saturated carbocycles. The van der Waals surface area contributed by atoms with Crippen LogP contribution in [0.2, 0.25) is 0 Å². The maximum absolute atomic E-state index is 6.15. The average molecular weight is 384 g/mol. The van der Waals surface area contributed by atoms with Crippen molar-refractivity contribution in [2.24, 2.45) is 7.05 Å².